The molecule has 0 spiro atoms. The van der Waals surface area contributed by atoms with E-state index >= 15 is 0 Å². The van der Waals surface area contributed by atoms with E-state index in [9.17, 15) is 14.4 Å². The molecule has 1 aromatic carbocycles. The van der Waals surface area contributed by atoms with Gasteiger partial charge in [0.1, 0.15) is 0 Å². The van der Waals surface area contributed by atoms with Crippen LogP contribution in [0.4, 0.5) is 10.5 Å². The number of nitrogens with two attached hydrogens (primary N) is 1. The van der Waals surface area contributed by atoms with Gasteiger partial charge in [0.05, 0.1) is 17.9 Å². The van der Waals surface area contributed by atoms with Gasteiger partial charge in [-0.05, 0) is 44.0 Å². The van der Waals surface area contributed by atoms with Crippen LogP contribution in [0.5, 0.6) is 0 Å². The summed E-state index contributed by atoms with van der Waals surface area (Å²) in [5, 5.41) is 4.91. The maximum atomic E-state index is 11.9. The fraction of sp³-hybridized carbons (Fsp3) is 0.294. The van der Waals surface area contributed by atoms with E-state index in [1.807, 2.05) is 26.0 Å². The smallest absolute Gasteiger partial charge is 0.325 e. The zero-order valence-corrected chi connectivity index (χ0v) is 16.3. The summed E-state index contributed by atoms with van der Waals surface area (Å²) in [6, 6.07) is 4.94. The maximum Gasteiger partial charge on any atom is 0.325 e. The Bertz CT molecular complexity index is 849. The normalized spacial score (nSPS) is 10.4. The zero-order valence-electron chi connectivity index (χ0n) is 14.7. The number of anilines is 1. The summed E-state index contributed by atoms with van der Waals surface area (Å²) in [4.78, 5) is 39.9. The van der Waals surface area contributed by atoms with Crippen molar-refractivity contribution in [3.63, 3.8) is 0 Å². The molecule has 4 amide bonds. The molecule has 0 radical (unpaired) electrons. The number of thiazole rings is 1. The maximum absolute atomic E-state index is 11.9. The Hall–Kier alpha value is -2.39. The van der Waals surface area contributed by atoms with Crippen LogP contribution in [0.3, 0.4) is 0 Å². The van der Waals surface area contributed by atoms with Crippen LogP contribution in [0.2, 0.25) is 0 Å². The predicted molar refractivity (Wildman–Crippen MR) is 104 cm³/mol. The van der Waals surface area contributed by atoms with Gasteiger partial charge in [0.15, 0.2) is 4.34 Å². The van der Waals surface area contributed by atoms with E-state index in [1.165, 1.54) is 23.1 Å². The van der Waals surface area contributed by atoms with E-state index in [0.717, 1.165) is 21.7 Å². The highest BCUT2D eigenvalue weighted by atomic mass is 32.2. The number of aryl methyl sites for hydroxylation is 3. The minimum atomic E-state index is -0.580. The summed E-state index contributed by atoms with van der Waals surface area (Å²) in [7, 11) is 0. The van der Waals surface area contributed by atoms with Crippen molar-refractivity contribution in [3.8, 4) is 0 Å². The quantitative estimate of drug-likeness (QED) is 0.654. The van der Waals surface area contributed by atoms with Gasteiger partial charge in [-0.2, -0.15) is 0 Å². The number of hydrogen-bond acceptors (Lipinski definition) is 6. The summed E-state index contributed by atoms with van der Waals surface area (Å²) in [6.45, 7) is 5.72. The van der Waals surface area contributed by atoms with Gasteiger partial charge in [-0.3, -0.25) is 14.9 Å². The number of hydrogen-bond donors (Lipinski definition) is 3. The third kappa shape index (κ3) is 5.85. The van der Waals surface area contributed by atoms with Crippen LogP contribution >= 0.6 is 23.1 Å². The van der Waals surface area contributed by atoms with Gasteiger partial charge >= 0.3 is 6.03 Å². The van der Waals surface area contributed by atoms with Gasteiger partial charge in [0.2, 0.25) is 11.8 Å². The first kappa shape index (κ1) is 19.9. The van der Waals surface area contributed by atoms with Crippen LogP contribution in [0.15, 0.2) is 22.5 Å². The van der Waals surface area contributed by atoms with Crippen LogP contribution < -0.4 is 16.4 Å². The monoisotopic (exact) mass is 392 g/mol. The number of primary amides is 1. The lowest BCUT2D eigenvalue weighted by molar-refractivity contribution is -0.118. The van der Waals surface area contributed by atoms with Crippen molar-refractivity contribution in [2.24, 2.45) is 5.73 Å². The molecule has 7 nitrogen and oxygen atoms in total. The third-order valence-corrected chi connectivity index (χ3v) is 5.85. The molecule has 26 heavy (non-hydrogen) atoms. The first-order valence-electron chi connectivity index (χ1n) is 7.80. The van der Waals surface area contributed by atoms with Crippen molar-refractivity contribution in [2.75, 3.05) is 11.1 Å². The van der Waals surface area contributed by atoms with Crippen LogP contribution in [0.25, 0.3) is 0 Å². The number of benzene rings is 1. The molecular weight excluding hydrogens is 372 g/mol. The minimum Gasteiger partial charge on any atom is -0.369 e. The molecule has 0 aliphatic carbocycles. The van der Waals surface area contributed by atoms with Gasteiger partial charge in [-0.25, -0.2) is 9.78 Å². The fourth-order valence-corrected chi connectivity index (χ4v) is 4.10. The lowest BCUT2D eigenvalue weighted by Crippen LogP contribution is -2.35. The molecular formula is C17H20N4O3S2. The molecule has 4 N–H and O–H groups in total. The van der Waals surface area contributed by atoms with Crippen LogP contribution in [0, 0.1) is 20.8 Å². The molecule has 1 heterocycles. The van der Waals surface area contributed by atoms with Gasteiger partial charge in [0.25, 0.3) is 0 Å². The molecule has 0 saturated carbocycles. The van der Waals surface area contributed by atoms with Gasteiger partial charge in [-0.15, -0.1) is 11.3 Å². The second-order valence-electron chi connectivity index (χ2n) is 5.72. The predicted octanol–water partition coefficient (Wildman–Crippen LogP) is 2.54. The molecule has 2 aromatic rings. The number of aromatic nitrogens is 1. The fourth-order valence-electron chi connectivity index (χ4n) is 2.06. The van der Waals surface area contributed by atoms with Crippen molar-refractivity contribution in [3.05, 3.63) is 39.9 Å². The van der Waals surface area contributed by atoms with Crippen molar-refractivity contribution < 1.29 is 14.4 Å². The second kappa shape index (κ2) is 8.81. The average Bonchev–Trinajstić information content (AvgIpc) is 2.88. The number of imide groups is 1. The third-order valence-electron chi connectivity index (χ3n) is 3.55. The molecule has 9 heteroatoms. The Morgan fingerprint density at radius 2 is 1.92 bits per heavy atom. The van der Waals surface area contributed by atoms with Crippen molar-refractivity contribution in [1.29, 1.82) is 0 Å². The first-order valence-corrected chi connectivity index (χ1v) is 9.60. The topological polar surface area (TPSA) is 114 Å². The Balaban J connectivity index is 1.83. The van der Waals surface area contributed by atoms with E-state index < -0.39 is 17.8 Å². The highest BCUT2D eigenvalue weighted by molar-refractivity contribution is 8.01. The number of urea groups is 1. The van der Waals surface area contributed by atoms with Crippen molar-refractivity contribution >= 4 is 46.6 Å². The zero-order chi connectivity index (χ0) is 19.3. The van der Waals surface area contributed by atoms with Gasteiger partial charge < -0.3 is 11.1 Å². The molecule has 0 unspecified atom stereocenters. The molecule has 0 aliphatic heterocycles. The Labute approximate surface area is 159 Å². The number of carbonyl (C=O) groups is 3. The summed E-state index contributed by atoms with van der Waals surface area (Å²) >= 11 is 2.53. The molecule has 1 aromatic heterocycles. The molecule has 0 fully saturated rings. The number of nitrogens with zero attached hydrogens (tertiary/aromatic N) is 1. The lowest BCUT2D eigenvalue weighted by Gasteiger charge is -2.08. The number of rotatable bonds is 6. The van der Waals surface area contributed by atoms with Crippen molar-refractivity contribution in [1.82, 2.24) is 10.3 Å². The van der Waals surface area contributed by atoms with Gasteiger partial charge in [0, 0.05) is 10.6 Å². The van der Waals surface area contributed by atoms with Crippen LogP contribution in [-0.2, 0) is 16.0 Å². The molecule has 138 valence electrons. The number of nitrogens with one attached hydrogen (secondary N) is 2. The highest BCUT2D eigenvalue weighted by Gasteiger charge is 2.13. The van der Waals surface area contributed by atoms with E-state index in [4.69, 9.17) is 5.73 Å². The molecule has 0 saturated heterocycles. The van der Waals surface area contributed by atoms with E-state index in [0.29, 0.717) is 10.0 Å². The highest BCUT2D eigenvalue weighted by Crippen LogP contribution is 2.27. The van der Waals surface area contributed by atoms with E-state index in [-0.39, 0.29) is 12.2 Å². The Kier molecular flexibility index (Phi) is 6.76. The summed E-state index contributed by atoms with van der Waals surface area (Å²) in [5.41, 5.74) is 8.71. The Morgan fingerprint density at radius 1 is 1.19 bits per heavy atom. The summed E-state index contributed by atoms with van der Waals surface area (Å²) < 4.78 is 0.656. The minimum absolute atomic E-state index is 0.0450. The van der Waals surface area contributed by atoms with Crippen LogP contribution in [0.1, 0.15) is 21.7 Å². The first-order chi connectivity index (χ1) is 12.2. The van der Waals surface area contributed by atoms with E-state index in [2.05, 4.69) is 15.6 Å². The van der Waals surface area contributed by atoms with Gasteiger partial charge in [-0.1, -0.05) is 17.8 Å². The lowest BCUT2D eigenvalue weighted by atomic mass is 10.1. The van der Waals surface area contributed by atoms with Crippen molar-refractivity contribution in [2.45, 2.75) is 31.5 Å². The summed E-state index contributed by atoms with van der Waals surface area (Å²) in [6.07, 6.45) is 0.134. The Morgan fingerprint density at radius 3 is 2.58 bits per heavy atom. The average molecular weight is 393 g/mol. The standard InChI is InChI=1S/C17H20N4O3S2/c1-9-4-5-12(6-10(9)2)20-16(24)21-15(23)8-25-17-19-11(3)13(26-17)7-14(18)22/h4-6H,7-8H2,1-3H3,(H2,18,22)(H2,20,21,23,24). The number of carbonyl (C=O) groups excluding carboxylic acids is 3. The molecule has 0 atom stereocenters. The summed E-state index contributed by atoms with van der Waals surface area (Å²) in [5.74, 6) is -0.807. The molecule has 2 rings (SSSR count). The SMILES string of the molecule is Cc1ccc(NC(=O)NC(=O)CSc2nc(C)c(CC(N)=O)s2)cc1C. The van der Waals surface area contributed by atoms with E-state index in [1.54, 1.807) is 13.0 Å². The second-order valence-corrected chi connectivity index (χ2v) is 8.03. The number of thioether (sulfide) groups is 1. The molecule has 0 aliphatic rings. The number of amides is 4. The van der Waals surface area contributed by atoms with Crippen LogP contribution in [-0.4, -0.2) is 28.6 Å². The molecule has 0 bridgehead atoms. The largest absolute Gasteiger partial charge is 0.369 e.